The van der Waals surface area contributed by atoms with Gasteiger partial charge in [0.1, 0.15) is 6.54 Å². The zero-order valence-electron chi connectivity index (χ0n) is 16.5. The highest BCUT2D eigenvalue weighted by molar-refractivity contribution is 14.0. The minimum absolute atomic E-state index is 0. The van der Waals surface area contributed by atoms with E-state index in [0.29, 0.717) is 18.0 Å². The molecule has 2 aliphatic carbocycles. The van der Waals surface area contributed by atoms with Gasteiger partial charge in [0.2, 0.25) is 5.91 Å². The average molecular weight is 477 g/mol. The van der Waals surface area contributed by atoms with E-state index < -0.39 is 0 Å². The van der Waals surface area contributed by atoms with Crippen molar-refractivity contribution in [1.82, 2.24) is 20.4 Å². The van der Waals surface area contributed by atoms with E-state index in [1.807, 2.05) is 0 Å². The number of nitrogens with one attached hydrogen (secondary N) is 2. The third kappa shape index (κ3) is 6.25. The molecule has 2 unspecified atom stereocenters. The van der Waals surface area contributed by atoms with Crippen molar-refractivity contribution in [3.8, 4) is 0 Å². The Balaban J connectivity index is 0.00000243. The Labute approximate surface area is 175 Å². The lowest BCUT2D eigenvalue weighted by molar-refractivity contribution is -0.127. The van der Waals surface area contributed by atoms with Gasteiger partial charge in [-0.05, 0) is 31.6 Å². The van der Waals surface area contributed by atoms with Gasteiger partial charge >= 0.3 is 0 Å². The molecule has 7 heteroatoms. The smallest absolute Gasteiger partial charge is 0.243 e. The van der Waals surface area contributed by atoms with Crippen LogP contribution in [0.25, 0.3) is 0 Å². The number of rotatable bonds is 5. The van der Waals surface area contributed by atoms with Crippen LogP contribution in [0.3, 0.4) is 0 Å². The molecule has 1 saturated heterocycles. The first-order valence-electron chi connectivity index (χ1n) is 10.0. The van der Waals surface area contributed by atoms with E-state index in [1.54, 1.807) is 19.0 Å². The van der Waals surface area contributed by atoms with Gasteiger partial charge in [0, 0.05) is 45.3 Å². The largest absolute Gasteiger partial charge is 0.354 e. The number of carbonyl (C=O) groups is 1. The van der Waals surface area contributed by atoms with Crippen molar-refractivity contribution in [2.75, 3.05) is 33.7 Å². The minimum atomic E-state index is 0. The van der Waals surface area contributed by atoms with Gasteiger partial charge in [-0.25, -0.2) is 4.99 Å². The van der Waals surface area contributed by atoms with Crippen molar-refractivity contribution in [2.24, 2.45) is 10.9 Å². The Morgan fingerprint density at radius 3 is 2.38 bits per heavy atom. The number of guanidine groups is 1. The molecule has 0 radical (unpaired) electrons. The van der Waals surface area contributed by atoms with Gasteiger partial charge in [0.25, 0.3) is 0 Å². The van der Waals surface area contributed by atoms with Crippen LogP contribution < -0.4 is 10.6 Å². The van der Waals surface area contributed by atoms with Gasteiger partial charge in [-0.15, -0.1) is 24.0 Å². The summed E-state index contributed by atoms with van der Waals surface area (Å²) in [4.78, 5) is 20.8. The van der Waals surface area contributed by atoms with E-state index >= 15 is 0 Å². The highest BCUT2D eigenvalue weighted by atomic mass is 127. The van der Waals surface area contributed by atoms with E-state index in [2.05, 4.69) is 27.4 Å². The SMILES string of the molecule is CC1CN(C2CC2)CC1NC(=NCC(=O)N(C)C)NC1CCCCC1.I. The normalized spacial score (nSPS) is 27.7. The van der Waals surface area contributed by atoms with Crippen LogP contribution in [0.1, 0.15) is 51.9 Å². The molecule has 0 spiro atoms. The number of halogens is 1. The van der Waals surface area contributed by atoms with Gasteiger partial charge in [-0.3, -0.25) is 9.69 Å². The fourth-order valence-electron chi connectivity index (χ4n) is 3.97. The van der Waals surface area contributed by atoms with Crippen LogP contribution >= 0.6 is 24.0 Å². The summed E-state index contributed by atoms with van der Waals surface area (Å²) in [5, 5.41) is 7.25. The molecule has 1 heterocycles. The number of likely N-dealkylation sites (tertiary alicyclic amines) is 1. The first-order valence-corrected chi connectivity index (χ1v) is 10.0. The van der Waals surface area contributed by atoms with E-state index in [1.165, 1.54) is 51.5 Å². The Morgan fingerprint density at radius 2 is 1.77 bits per heavy atom. The molecule has 3 aliphatic rings. The number of likely N-dealkylation sites (N-methyl/N-ethyl adjacent to an activating group) is 1. The van der Waals surface area contributed by atoms with Gasteiger partial charge in [0.15, 0.2) is 5.96 Å². The van der Waals surface area contributed by atoms with Crippen LogP contribution in [0.4, 0.5) is 0 Å². The molecule has 1 amide bonds. The Morgan fingerprint density at radius 1 is 1.08 bits per heavy atom. The Bertz CT molecular complexity index is 488. The highest BCUT2D eigenvalue weighted by Gasteiger charge is 2.38. The number of aliphatic imine (C=N–C) groups is 1. The summed E-state index contributed by atoms with van der Waals surface area (Å²) >= 11 is 0. The molecule has 0 aromatic heterocycles. The van der Waals surface area contributed by atoms with Crippen LogP contribution in [0, 0.1) is 5.92 Å². The second kappa shape index (κ2) is 10.1. The second-order valence-electron chi connectivity index (χ2n) is 8.35. The fraction of sp³-hybridized carbons (Fsp3) is 0.895. The van der Waals surface area contributed by atoms with E-state index in [4.69, 9.17) is 0 Å². The topological polar surface area (TPSA) is 60.0 Å². The monoisotopic (exact) mass is 477 g/mol. The predicted octanol–water partition coefficient (Wildman–Crippen LogP) is 2.04. The summed E-state index contributed by atoms with van der Waals surface area (Å²) in [5.41, 5.74) is 0. The quantitative estimate of drug-likeness (QED) is 0.362. The maximum atomic E-state index is 11.9. The van der Waals surface area contributed by atoms with Gasteiger partial charge in [0.05, 0.1) is 0 Å². The predicted molar refractivity (Wildman–Crippen MR) is 117 cm³/mol. The first kappa shape index (κ1) is 21.7. The van der Waals surface area contributed by atoms with Crippen molar-refractivity contribution < 1.29 is 4.79 Å². The number of carbonyl (C=O) groups excluding carboxylic acids is 1. The molecule has 3 fully saturated rings. The van der Waals surface area contributed by atoms with Crippen LogP contribution in [0.5, 0.6) is 0 Å². The van der Waals surface area contributed by atoms with Crippen LogP contribution in [-0.2, 0) is 4.79 Å². The third-order valence-corrected chi connectivity index (χ3v) is 5.84. The van der Waals surface area contributed by atoms with Gasteiger partial charge in [-0.1, -0.05) is 26.2 Å². The molecule has 2 saturated carbocycles. The molecule has 0 aromatic rings. The van der Waals surface area contributed by atoms with Crippen molar-refractivity contribution >= 4 is 35.8 Å². The summed E-state index contributed by atoms with van der Waals surface area (Å²) in [6, 6.07) is 1.73. The Hall–Kier alpha value is -0.570. The summed E-state index contributed by atoms with van der Waals surface area (Å²) in [6.07, 6.45) is 9.05. The molecular weight excluding hydrogens is 441 g/mol. The lowest BCUT2D eigenvalue weighted by atomic mass is 9.96. The summed E-state index contributed by atoms with van der Waals surface area (Å²) in [7, 11) is 3.57. The fourth-order valence-corrected chi connectivity index (χ4v) is 3.97. The number of nitrogens with zero attached hydrogens (tertiary/aromatic N) is 3. The standard InChI is InChI=1S/C19H35N5O.HI/c1-14-12-24(16-9-10-16)13-17(14)22-19(20-11-18(25)23(2)3)21-15-7-5-4-6-8-15;/h14-17H,4-13H2,1-3H3,(H2,20,21,22);1H. The van der Waals surface area contributed by atoms with Gasteiger partial charge < -0.3 is 15.5 Å². The maximum Gasteiger partial charge on any atom is 0.243 e. The van der Waals surface area contributed by atoms with Crippen molar-refractivity contribution in [3.63, 3.8) is 0 Å². The summed E-state index contributed by atoms with van der Waals surface area (Å²) < 4.78 is 0. The minimum Gasteiger partial charge on any atom is -0.354 e. The molecule has 3 rings (SSSR count). The molecular formula is C19H36IN5O. The van der Waals surface area contributed by atoms with E-state index in [9.17, 15) is 4.79 Å². The Kier molecular flexibility index (Phi) is 8.44. The highest BCUT2D eigenvalue weighted by Crippen LogP contribution is 2.31. The van der Waals surface area contributed by atoms with Gasteiger partial charge in [-0.2, -0.15) is 0 Å². The summed E-state index contributed by atoms with van der Waals surface area (Å²) in [5.74, 6) is 1.49. The molecule has 2 atom stereocenters. The van der Waals surface area contributed by atoms with Crippen molar-refractivity contribution in [2.45, 2.75) is 70.0 Å². The lowest BCUT2D eigenvalue weighted by Crippen LogP contribution is -2.50. The molecule has 0 bridgehead atoms. The number of amides is 1. The molecule has 6 nitrogen and oxygen atoms in total. The zero-order valence-corrected chi connectivity index (χ0v) is 18.9. The second-order valence-corrected chi connectivity index (χ2v) is 8.35. The lowest BCUT2D eigenvalue weighted by Gasteiger charge is -2.27. The number of hydrogen-bond acceptors (Lipinski definition) is 3. The maximum absolute atomic E-state index is 11.9. The first-order chi connectivity index (χ1) is 12.0. The van der Waals surface area contributed by atoms with Crippen LogP contribution in [-0.4, -0.2) is 73.5 Å². The van der Waals surface area contributed by atoms with Crippen LogP contribution in [0.15, 0.2) is 4.99 Å². The molecule has 26 heavy (non-hydrogen) atoms. The number of hydrogen-bond donors (Lipinski definition) is 2. The van der Waals surface area contributed by atoms with Crippen LogP contribution in [0.2, 0.25) is 0 Å². The molecule has 2 N–H and O–H groups in total. The molecule has 1 aliphatic heterocycles. The van der Waals surface area contributed by atoms with Crippen molar-refractivity contribution in [1.29, 1.82) is 0 Å². The van der Waals surface area contributed by atoms with E-state index in [0.717, 1.165) is 18.5 Å². The zero-order chi connectivity index (χ0) is 17.8. The summed E-state index contributed by atoms with van der Waals surface area (Å²) in [6.45, 7) is 4.81. The average Bonchev–Trinajstić information content (AvgIpc) is 3.38. The third-order valence-electron chi connectivity index (χ3n) is 5.84. The molecule has 150 valence electrons. The van der Waals surface area contributed by atoms with E-state index in [-0.39, 0.29) is 36.4 Å². The van der Waals surface area contributed by atoms with Crippen molar-refractivity contribution in [3.05, 3.63) is 0 Å². The molecule has 0 aromatic carbocycles.